The molecule has 1 aromatic carbocycles. The Hall–Kier alpha value is -0.600. The molecule has 1 fully saturated rings. The zero-order valence-corrected chi connectivity index (χ0v) is 14.7. The topological polar surface area (TPSA) is 75.8 Å². The first kappa shape index (κ1) is 17.7. The summed E-state index contributed by atoms with van der Waals surface area (Å²) in [6.07, 6.45) is 3.63. The summed E-state index contributed by atoms with van der Waals surface area (Å²) in [7, 11) is -1.20. The third-order valence-electron chi connectivity index (χ3n) is 3.79. The van der Waals surface area contributed by atoms with Gasteiger partial charge in [0.15, 0.2) is 4.93 Å². The van der Waals surface area contributed by atoms with E-state index in [1.54, 1.807) is 6.07 Å². The minimum atomic E-state index is -1.20. The summed E-state index contributed by atoms with van der Waals surface area (Å²) >= 11 is 1.44. The number of hydrogen-bond donors (Lipinski definition) is 2. The minimum Gasteiger partial charge on any atom is -0.474 e. The van der Waals surface area contributed by atoms with Gasteiger partial charge in [0.2, 0.25) is 0 Å². The van der Waals surface area contributed by atoms with Crippen LogP contribution in [0.1, 0.15) is 19.8 Å². The molecule has 1 saturated heterocycles. The van der Waals surface area contributed by atoms with Crippen molar-refractivity contribution >= 4 is 22.7 Å². The Bertz CT molecular complexity index is 515. The van der Waals surface area contributed by atoms with Crippen LogP contribution in [0.4, 0.5) is 0 Å². The number of nitrogens with zero attached hydrogens (tertiary/aromatic N) is 1. The highest BCUT2D eigenvalue weighted by Gasteiger charge is 2.25. The predicted molar refractivity (Wildman–Crippen MR) is 91.3 cm³/mol. The van der Waals surface area contributed by atoms with Gasteiger partial charge in [0, 0.05) is 19.1 Å². The van der Waals surface area contributed by atoms with E-state index >= 15 is 0 Å². The Kier molecular flexibility index (Phi) is 6.28. The standard InChI is InChI=1S/C15H24N2O3S2/c1-15(11-18,21-2)20-13-4-3-5-14(10-13)22(19)17-8-6-12(16)7-9-17/h3-5,10,12,18H,6-9,11,16H2,1-2H3. The fourth-order valence-electron chi connectivity index (χ4n) is 2.22. The van der Waals surface area contributed by atoms with Gasteiger partial charge < -0.3 is 15.6 Å². The second-order valence-electron chi connectivity index (χ2n) is 5.59. The molecule has 1 aliphatic rings. The van der Waals surface area contributed by atoms with Crippen LogP contribution in [0.2, 0.25) is 0 Å². The van der Waals surface area contributed by atoms with E-state index in [1.165, 1.54) is 11.8 Å². The maximum absolute atomic E-state index is 12.6. The van der Waals surface area contributed by atoms with Crippen molar-refractivity contribution in [1.29, 1.82) is 0 Å². The lowest BCUT2D eigenvalue weighted by Gasteiger charge is -2.29. The Balaban J connectivity index is 2.09. The normalized spacial score (nSPS) is 21.3. The average Bonchev–Trinajstić information content (AvgIpc) is 2.55. The molecule has 2 atom stereocenters. The summed E-state index contributed by atoms with van der Waals surface area (Å²) in [6.45, 7) is 3.23. The van der Waals surface area contributed by atoms with Crippen molar-refractivity contribution in [1.82, 2.24) is 4.31 Å². The third-order valence-corrected chi connectivity index (χ3v) is 6.36. The lowest BCUT2D eigenvalue weighted by Crippen LogP contribution is -2.40. The molecule has 22 heavy (non-hydrogen) atoms. The number of ether oxygens (including phenoxy) is 1. The molecule has 124 valence electrons. The molecular weight excluding hydrogens is 320 g/mol. The van der Waals surface area contributed by atoms with Crippen LogP contribution in [0.3, 0.4) is 0 Å². The van der Waals surface area contributed by atoms with Crippen molar-refractivity contribution in [2.45, 2.75) is 35.6 Å². The largest absolute Gasteiger partial charge is 0.474 e. The van der Waals surface area contributed by atoms with Crippen LogP contribution in [0, 0.1) is 0 Å². The first-order valence-corrected chi connectivity index (χ1v) is 9.68. The van der Waals surface area contributed by atoms with Crippen molar-refractivity contribution in [3.05, 3.63) is 24.3 Å². The first-order chi connectivity index (χ1) is 10.5. The van der Waals surface area contributed by atoms with E-state index in [-0.39, 0.29) is 12.6 Å². The van der Waals surface area contributed by atoms with E-state index < -0.39 is 15.9 Å². The van der Waals surface area contributed by atoms with Gasteiger partial charge in [-0.25, -0.2) is 8.51 Å². The molecule has 0 spiro atoms. The molecule has 0 radical (unpaired) electrons. The van der Waals surface area contributed by atoms with Gasteiger partial charge in [0.05, 0.1) is 11.5 Å². The predicted octanol–water partition coefficient (Wildman–Crippen LogP) is 1.58. The van der Waals surface area contributed by atoms with E-state index in [4.69, 9.17) is 10.5 Å². The molecule has 2 unspecified atom stereocenters. The van der Waals surface area contributed by atoms with Crippen molar-refractivity contribution in [2.24, 2.45) is 5.73 Å². The number of nitrogens with two attached hydrogens (primary N) is 1. The van der Waals surface area contributed by atoms with Crippen LogP contribution < -0.4 is 10.5 Å². The molecular formula is C15H24N2O3S2. The molecule has 1 aliphatic heterocycles. The van der Waals surface area contributed by atoms with Crippen LogP contribution in [-0.2, 0) is 11.0 Å². The summed E-state index contributed by atoms with van der Waals surface area (Å²) in [5, 5.41) is 9.43. The Morgan fingerprint density at radius 3 is 2.77 bits per heavy atom. The maximum atomic E-state index is 12.6. The monoisotopic (exact) mass is 344 g/mol. The van der Waals surface area contributed by atoms with Gasteiger partial charge in [0.25, 0.3) is 0 Å². The van der Waals surface area contributed by atoms with E-state index in [9.17, 15) is 9.32 Å². The zero-order chi connectivity index (χ0) is 16.2. The Morgan fingerprint density at radius 2 is 2.18 bits per heavy atom. The molecule has 5 nitrogen and oxygen atoms in total. The SMILES string of the molecule is CSC(C)(CO)Oc1cccc(S(=O)N2CCC(N)CC2)c1. The summed E-state index contributed by atoms with van der Waals surface area (Å²) in [6, 6.07) is 7.49. The molecule has 0 amide bonds. The second-order valence-corrected chi connectivity index (χ2v) is 8.35. The lowest BCUT2D eigenvalue weighted by molar-refractivity contribution is 0.102. The number of benzene rings is 1. The number of thioether (sulfide) groups is 1. The third kappa shape index (κ3) is 4.45. The van der Waals surface area contributed by atoms with Crippen molar-refractivity contribution in [2.75, 3.05) is 26.0 Å². The number of piperidine rings is 1. The van der Waals surface area contributed by atoms with E-state index in [0.29, 0.717) is 5.75 Å². The highest BCUT2D eigenvalue weighted by molar-refractivity contribution is 7.99. The molecule has 0 saturated carbocycles. The fourth-order valence-corrected chi connectivity index (χ4v) is 3.79. The van der Waals surface area contributed by atoms with Crippen LogP contribution in [-0.4, -0.2) is 50.5 Å². The van der Waals surface area contributed by atoms with Crippen molar-refractivity contribution < 1.29 is 14.1 Å². The summed E-state index contributed by atoms with van der Waals surface area (Å²) in [4.78, 5) is 0.0206. The number of aliphatic hydroxyl groups is 1. The van der Waals surface area contributed by atoms with Gasteiger partial charge >= 0.3 is 0 Å². The molecule has 1 aromatic rings. The summed E-state index contributed by atoms with van der Waals surface area (Å²) < 4.78 is 20.4. The molecule has 1 heterocycles. The zero-order valence-electron chi connectivity index (χ0n) is 13.0. The number of hydrogen-bond acceptors (Lipinski definition) is 5. The van der Waals surface area contributed by atoms with Crippen molar-refractivity contribution in [3.8, 4) is 5.75 Å². The van der Waals surface area contributed by atoms with E-state index in [1.807, 2.05) is 35.7 Å². The van der Waals surface area contributed by atoms with Gasteiger partial charge in [-0.3, -0.25) is 0 Å². The van der Waals surface area contributed by atoms with Gasteiger partial charge in [0.1, 0.15) is 16.7 Å². The first-order valence-electron chi connectivity index (χ1n) is 7.35. The highest BCUT2D eigenvalue weighted by Crippen LogP contribution is 2.28. The molecule has 3 N–H and O–H groups in total. The number of rotatable bonds is 6. The molecule has 2 rings (SSSR count). The fraction of sp³-hybridized carbons (Fsp3) is 0.600. The summed E-state index contributed by atoms with van der Waals surface area (Å²) in [5.41, 5.74) is 5.89. The Labute approximate surface area is 138 Å². The maximum Gasteiger partial charge on any atom is 0.174 e. The second kappa shape index (κ2) is 7.79. The van der Waals surface area contributed by atoms with Crippen LogP contribution in [0.15, 0.2) is 29.2 Å². The van der Waals surface area contributed by atoms with Gasteiger partial charge in [-0.15, -0.1) is 11.8 Å². The number of aliphatic hydroxyl groups excluding tert-OH is 1. The average molecular weight is 345 g/mol. The molecule has 0 aliphatic carbocycles. The van der Waals surface area contributed by atoms with Crippen molar-refractivity contribution in [3.63, 3.8) is 0 Å². The van der Waals surface area contributed by atoms with Gasteiger partial charge in [-0.2, -0.15) is 0 Å². The van der Waals surface area contributed by atoms with Gasteiger partial charge in [-0.1, -0.05) is 6.07 Å². The van der Waals surface area contributed by atoms with Crippen LogP contribution in [0.5, 0.6) is 5.75 Å². The van der Waals surface area contributed by atoms with Gasteiger partial charge in [-0.05, 0) is 44.2 Å². The molecule has 0 bridgehead atoms. The molecule has 0 aromatic heterocycles. The summed E-state index contributed by atoms with van der Waals surface area (Å²) in [5.74, 6) is 0.616. The van der Waals surface area contributed by atoms with Crippen LogP contribution >= 0.6 is 11.8 Å². The smallest absolute Gasteiger partial charge is 0.174 e. The minimum absolute atomic E-state index is 0.0918. The van der Waals surface area contributed by atoms with E-state index in [0.717, 1.165) is 30.8 Å². The highest BCUT2D eigenvalue weighted by atomic mass is 32.2. The lowest BCUT2D eigenvalue weighted by atomic mass is 10.1. The Morgan fingerprint density at radius 1 is 1.50 bits per heavy atom. The van der Waals surface area contributed by atoms with Crippen LogP contribution in [0.25, 0.3) is 0 Å². The van der Waals surface area contributed by atoms with E-state index in [2.05, 4.69) is 0 Å². The quantitative estimate of drug-likeness (QED) is 0.767. The molecule has 7 heteroatoms.